The van der Waals surface area contributed by atoms with E-state index in [0.29, 0.717) is 12.1 Å². The largest absolute Gasteiger partial charge is 0.494 e. The van der Waals surface area contributed by atoms with Gasteiger partial charge in [0.1, 0.15) is 11.6 Å². The Hall–Kier alpha value is -3.33. The van der Waals surface area contributed by atoms with Crippen LogP contribution in [0.4, 0.5) is 0 Å². The predicted molar refractivity (Wildman–Crippen MR) is 101 cm³/mol. The highest BCUT2D eigenvalue weighted by molar-refractivity contribution is 5.87. The number of nitrogens with one attached hydrogen (secondary N) is 2. The number of esters is 1. The van der Waals surface area contributed by atoms with Gasteiger partial charge in [-0.1, -0.05) is 18.2 Å². The molecule has 0 saturated heterocycles. The Labute approximate surface area is 159 Å². The molecule has 1 aliphatic heterocycles. The second kappa shape index (κ2) is 6.38. The summed E-state index contributed by atoms with van der Waals surface area (Å²) in [7, 11) is 4.03. The lowest BCUT2D eigenvalue weighted by molar-refractivity contribution is -0.143. The third-order valence-corrected chi connectivity index (χ3v) is 5.35. The number of para-hydroxylation sites is 1. The lowest BCUT2D eigenvalue weighted by atomic mass is 9.91. The number of H-pyrrole nitrogens is 1. The molecule has 0 bridgehead atoms. The van der Waals surface area contributed by atoms with Crippen LogP contribution in [0, 0.1) is 0 Å². The highest BCUT2D eigenvalue weighted by Gasteiger charge is 2.37. The first-order valence-corrected chi connectivity index (χ1v) is 8.77. The van der Waals surface area contributed by atoms with Crippen LogP contribution in [-0.2, 0) is 30.0 Å². The number of benzene rings is 1. The number of carbonyl (C=O) groups is 1. The molecule has 9 heteroatoms. The Morgan fingerprint density at radius 2 is 1.93 bits per heavy atom. The number of fused-ring (bicyclic) bond motifs is 3. The van der Waals surface area contributed by atoms with Gasteiger partial charge in [0, 0.05) is 37.1 Å². The Morgan fingerprint density at radius 1 is 1.21 bits per heavy atom. The van der Waals surface area contributed by atoms with E-state index in [4.69, 9.17) is 4.74 Å². The van der Waals surface area contributed by atoms with Crippen molar-refractivity contribution in [2.24, 2.45) is 14.1 Å². The summed E-state index contributed by atoms with van der Waals surface area (Å²) >= 11 is 0. The quantitative estimate of drug-likeness (QED) is 0.537. The Balaban J connectivity index is 2.02. The Morgan fingerprint density at radius 3 is 2.64 bits per heavy atom. The van der Waals surface area contributed by atoms with Crippen molar-refractivity contribution in [2.45, 2.75) is 18.5 Å². The molecule has 9 nitrogen and oxygen atoms in total. The lowest BCUT2D eigenvalue weighted by Crippen LogP contribution is -2.48. The van der Waals surface area contributed by atoms with Crippen molar-refractivity contribution in [2.75, 3.05) is 7.11 Å². The molecule has 28 heavy (non-hydrogen) atoms. The first-order chi connectivity index (χ1) is 13.3. The summed E-state index contributed by atoms with van der Waals surface area (Å²) in [6.45, 7) is 0. The summed E-state index contributed by atoms with van der Waals surface area (Å²) in [5.74, 6) is -0.914. The molecule has 146 valence electrons. The molecule has 0 radical (unpaired) electrons. The van der Waals surface area contributed by atoms with Gasteiger partial charge in [0.05, 0.1) is 13.2 Å². The van der Waals surface area contributed by atoms with Gasteiger partial charge in [-0.25, -0.2) is 4.79 Å². The van der Waals surface area contributed by atoms with Crippen LogP contribution < -0.4 is 16.6 Å². The minimum Gasteiger partial charge on any atom is -0.494 e. The molecule has 0 saturated carbocycles. The second-order valence-corrected chi connectivity index (χ2v) is 6.89. The molecule has 3 N–H and O–H groups in total. The molecule has 0 spiro atoms. The summed E-state index contributed by atoms with van der Waals surface area (Å²) in [6, 6.07) is 6.08. The molecule has 0 fully saturated rings. The average molecular weight is 384 g/mol. The van der Waals surface area contributed by atoms with Crippen LogP contribution in [0.15, 0.2) is 33.9 Å². The fourth-order valence-electron chi connectivity index (χ4n) is 3.87. The number of aromatic amines is 1. The highest BCUT2D eigenvalue weighted by Crippen LogP contribution is 2.36. The number of hydrogen-bond acceptors (Lipinski definition) is 6. The normalized spacial score (nSPS) is 18.8. The van der Waals surface area contributed by atoms with Crippen LogP contribution in [0.1, 0.15) is 22.9 Å². The molecule has 1 aromatic carbocycles. The van der Waals surface area contributed by atoms with E-state index in [9.17, 15) is 19.5 Å². The van der Waals surface area contributed by atoms with Crippen molar-refractivity contribution >= 4 is 16.9 Å². The third kappa shape index (κ3) is 2.47. The van der Waals surface area contributed by atoms with Crippen molar-refractivity contribution in [3.8, 4) is 5.88 Å². The second-order valence-electron chi connectivity index (χ2n) is 6.89. The van der Waals surface area contributed by atoms with Crippen LogP contribution in [-0.4, -0.2) is 38.3 Å². The molecule has 2 atom stereocenters. The Bertz CT molecular complexity index is 1220. The van der Waals surface area contributed by atoms with Crippen molar-refractivity contribution in [1.29, 1.82) is 0 Å². The molecule has 2 aromatic heterocycles. The predicted octanol–water partition coefficient (Wildman–Crippen LogP) is 0.0476. The number of hydrogen-bond donors (Lipinski definition) is 3. The van der Waals surface area contributed by atoms with Gasteiger partial charge in [0.2, 0.25) is 5.88 Å². The zero-order valence-corrected chi connectivity index (χ0v) is 15.6. The number of methoxy groups -OCH3 is 1. The highest BCUT2D eigenvalue weighted by atomic mass is 16.5. The lowest BCUT2D eigenvalue weighted by Gasteiger charge is -2.30. The number of aromatic nitrogens is 3. The smallest absolute Gasteiger partial charge is 0.333 e. The number of ether oxygens (including phenoxy) is 1. The molecule has 0 amide bonds. The zero-order valence-electron chi connectivity index (χ0n) is 15.6. The zero-order chi connectivity index (χ0) is 20.2. The summed E-state index contributed by atoms with van der Waals surface area (Å²) in [4.78, 5) is 40.5. The minimum atomic E-state index is -0.814. The Kier molecular flexibility index (Phi) is 4.11. The van der Waals surface area contributed by atoms with E-state index >= 15 is 0 Å². The molecule has 0 aliphatic carbocycles. The van der Waals surface area contributed by atoms with Crippen molar-refractivity contribution in [1.82, 2.24) is 19.4 Å². The molecule has 1 unspecified atom stereocenters. The first kappa shape index (κ1) is 18.1. The summed E-state index contributed by atoms with van der Waals surface area (Å²) in [5, 5.41) is 14.6. The SMILES string of the molecule is COC(=O)[C@H]1Cc2c([nH]c3ccccc23)C(c2c(O)n(C)c(=O)n(C)c2=O)N1. The summed E-state index contributed by atoms with van der Waals surface area (Å²) in [6.07, 6.45) is 0.370. The molecule has 3 aromatic rings. The fourth-order valence-corrected chi connectivity index (χ4v) is 3.87. The molecule has 4 rings (SSSR count). The van der Waals surface area contributed by atoms with E-state index in [1.165, 1.54) is 21.2 Å². The van der Waals surface area contributed by atoms with Gasteiger partial charge in [-0.15, -0.1) is 0 Å². The monoisotopic (exact) mass is 384 g/mol. The molecule has 1 aliphatic rings. The number of rotatable bonds is 2. The van der Waals surface area contributed by atoms with Crippen LogP contribution in [0.5, 0.6) is 5.88 Å². The van der Waals surface area contributed by atoms with Gasteiger partial charge in [0.25, 0.3) is 5.56 Å². The van der Waals surface area contributed by atoms with E-state index in [1.807, 2.05) is 24.3 Å². The van der Waals surface area contributed by atoms with Crippen LogP contribution >= 0.6 is 0 Å². The topological polar surface area (TPSA) is 118 Å². The van der Waals surface area contributed by atoms with Crippen LogP contribution in [0.25, 0.3) is 10.9 Å². The van der Waals surface area contributed by atoms with Crippen molar-refractivity contribution < 1.29 is 14.6 Å². The number of nitrogens with zero attached hydrogens (tertiary/aromatic N) is 2. The van der Waals surface area contributed by atoms with E-state index < -0.39 is 35.2 Å². The third-order valence-electron chi connectivity index (χ3n) is 5.35. The van der Waals surface area contributed by atoms with Gasteiger partial charge in [-0.2, -0.15) is 0 Å². The van der Waals surface area contributed by atoms with Gasteiger partial charge in [0.15, 0.2) is 0 Å². The average Bonchev–Trinajstić information content (AvgIpc) is 3.09. The standard InChI is InChI=1S/C19H20N4O5/c1-22-16(24)13(17(25)23(2)19(22)27)15-14-10(8-12(21-15)18(26)28-3)9-6-4-5-7-11(9)20-14/h4-7,12,15,20-21,24H,8H2,1-3H3/t12-,15?/m1/s1. The fraction of sp³-hybridized carbons (Fsp3) is 0.316. The molecular formula is C19H20N4O5. The van der Waals surface area contributed by atoms with E-state index in [2.05, 4.69) is 10.3 Å². The molecular weight excluding hydrogens is 364 g/mol. The van der Waals surface area contributed by atoms with E-state index in [-0.39, 0.29) is 5.56 Å². The summed E-state index contributed by atoms with van der Waals surface area (Å²) < 4.78 is 6.83. The number of aromatic hydroxyl groups is 1. The van der Waals surface area contributed by atoms with E-state index in [1.54, 1.807) is 0 Å². The van der Waals surface area contributed by atoms with Crippen molar-refractivity contribution in [3.05, 3.63) is 61.9 Å². The maximum Gasteiger partial charge on any atom is 0.333 e. The first-order valence-electron chi connectivity index (χ1n) is 8.77. The maximum atomic E-state index is 12.9. The van der Waals surface area contributed by atoms with E-state index in [0.717, 1.165) is 25.6 Å². The van der Waals surface area contributed by atoms with Gasteiger partial charge < -0.3 is 14.8 Å². The van der Waals surface area contributed by atoms with Crippen LogP contribution in [0.2, 0.25) is 0 Å². The van der Waals surface area contributed by atoms with Gasteiger partial charge in [-0.05, 0) is 11.6 Å². The maximum absolute atomic E-state index is 12.9. The summed E-state index contributed by atoms with van der Waals surface area (Å²) in [5.41, 5.74) is 1.12. The van der Waals surface area contributed by atoms with Crippen LogP contribution in [0.3, 0.4) is 0 Å². The molecule has 3 heterocycles. The van der Waals surface area contributed by atoms with Crippen molar-refractivity contribution in [3.63, 3.8) is 0 Å². The van der Waals surface area contributed by atoms with Gasteiger partial charge >= 0.3 is 11.7 Å². The number of carbonyl (C=O) groups excluding carboxylic acids is 1. The van der Waals surface area contributed by atoms with Gasteiger partial charge in [-0.3, -0.25) is 24.0 Å². The minimum absolute atomic E-state index is 0.00832.